The molecule has 3 amide bonds. The number of rotatable bonds is 7. The van der Waals surface area contributed by atoms with Gasteiger partial charge in [-0.1, -0.05) is 12.8 Å². The van der Waals surface area contributed by atoms with Gasteiger partial charge in [-0.25, -0.2) is 4.79 Å². The van der Waals surface area contributed by atoms with Gasteiger partial charge in [0.05, 0.1) is 19.3 Å². The van der Waals surface area contributed by atoms with Crippen LogP contribution in [0.25, 0.3) is 0 Å². The second-order valence-corrected chi connectivity index (χ2v) is 7.71. The number of carbonyl (C=O) groups is 2. The van der Waals surface area contributed by atoms with Crippen molar-refractivity contribution in [1.29, 1.82) is 0 Å². The highest BCUT2D eigenvalue weighted by Crippen LogP contribution is 2.35. The maximum Gasteiger partial charge on any atom is 0.326 e. The second-order valence-electron chi connectivity index (χ2n) is 7.71. The monoisotopic (exact) mass is 335 g/mol. The van der Waals surface area contributed by atoms with Gasteiger partial charge in [0.2, 0.25) is 5.91 Å². The Labute approximate surface area is 144 Å². The molecule has 0 aromatic carbocycles. The van der Waals surface area contributed by atoms with Crippen LogP contribution in [0.15, 0.2) is 0 Å². The molecule has 0 N–H and O–H groups in total. The summed E-state index contributed by atoms with van der Waals surface area (Å²) >= 11 is 0. The summed E-state index contributed by atoms with van der Waals surface area (Å²) in [5.74, 6) is -0.0427. The lowest BCUT2D eigenvalue weighted by Gasteiger charge is -2.45. The summed E-state index contributed by atoms with van der Waals surface area (Å²) in [6.07, 6.45) is 9.29. The largest absolute Gasteiger partial charge is 0.376 e. The number of hydrogen-bond donors (Lipinski definition) is 0. The zero-order chi connectivity index (χ0) is 16.5. The molecule has 2 aliphatic carbocycles. The van der Waals surface area contributed by atoms with Gasteiger partial charge in [-0.15, -0.1) is 0 Å². The topological polar surface area (TPSA) is 53.1 Å². The molecule has 6 nitrogen and oxygen atoms in total. The first kappa shape index (κ1) is 16.3. The van der Waals surface area contributed by atoms with Crippen molar-refractivity contribution in [2.45, 2.75) is 69.6 Å². The lowest BCUT2D eigenvalue weighted by atomic mass is 10.0. The fraction of sp³-hybridized carbons (Fsp3) is 0.889. The highest BCUT2D eigenvalue weighted by molar-refractivity contribution is 5.96. The molecular weight excluding hydrogens is 306 g/mol. The van der Waals surface area contributed by atoms with Crippen molar-refractivity contribution in [3.05, 3.63) is 0 Å². The average Bonchev–Trinajstić information content (AvgIpc) is 3.22. The molecule has 4 aliphatic rings. The van der Waals surface area contributed by atoms with Gasteiger partial charge in [-0.3, -0.25) is 14.6 Å². The summed E-state index contributed by atoms with van der Waals surface area (Å²) in [5.41, 5.74) is 0. The Hall–Kier alpha value is -1.14. The Bertz CT molecular complexity index is 488. The van der Waals surface area contributed by atoms with Gasteiger partial charge in [-0.2, -0.15) is 0 Å². The maximum absolute atomic E-state index is 12.7. The molecule has 1 unspecified atom stereocenters. The van der Waals surface area contributed by atoms with E-state index in [9.17, 15) is 9.59 Å². The Morgan fingerprint density at radius 2 is 1.79 bits per heavy atom. The first-order chi connectivity index (χ1) is 11.7. The molecule has 0 aromatic rings. The number of urea groups is 1. The first-order valence-electron chi connectivity index (χ1n) is 9.69. The average molecular weight is 335 g/mol. The van der Waals surface area contributed by atoms with Crippen molar-refractivity contribution in [3.8, 4) is 0 Å². The van der Waals surface area contributed by atoms with Gasteiger partial charge in [0.15, 0.2) is 0 Å². The summed E-state index contributed by atoms with van der Waals surface area (Å²) in [4.78, 5) is 30.7. The van der Waals surface area contributed by atoms with Gasteiger partial charge in [0.25, 0.3) is 0 Å². The van der Waals surface area contributed by atoms with Crippen molar-refractivity contribution in [1.82, 2.24) is 14.7 Å². The summed E-state index contributed by atoms with van der Waals surface area (Å²) in [7, 11) is 0. The van der Waals surface area contributed by atoms with Crippen LogP contribution in [0.3, 0.4) is 0 Å². The van der Waals surface area contributed by atoms with Crippen LogP contribution in [0.2, 0.25) is 0 Å². The normalized spacial score (nSPS) is 29.4. The Morgan fingerprint density at radius 3 is 2.46 bits per heavy atom. The minimum atomic E-state index is -0.107. The molecule has 0 radical (unpaired) electrons. The van der Waals surface area contributed by atoms with E-state index in [1.54, 1.807) is 0 Å². The van der Waals surface area contributed by atoms with Crippen LogP contribution in [0.4, 0.5) is 4.79 Å². The predicted molar refractivity (Wildman–Crippen MR) is 89.6 cm³/mol. The third-order valence-electron chi connectivity index (χ3n) is 6.01. The van der Waals surface area contributed by atoms with E-state index in [1.165, 1.54) is 43.5 Å². The lowest BCUT2D eigenvalue weighted by Crippen LogP contribution is -2.60. The number of carbonyl (C=O) groups excluding carboxylic acids is 2. The van der Waals surface area contributed by atoms with Crippen molar-refractivity contribution in [3.63, 3.8) is 0 Å². The predicted octanol–water partition coefficient (Wildman–Crippen LogP) is 1.84. The van der Waals surface area contributed by atoms with Crippen LogP contribution < -0.4 is 0 Å². The van der Waals surface area contributed by atoms with Gasteiger partial charge < -0.3 is 9.64 Å². The summed E-state index contributed by atoms with van der Waals surface area (Å²) in [6.45, 7) is 3.42. The molecule has 2 saturated carbocycles. The van der Waals surface area contributed by atoms with E-state index < -0.39 is 0 Å². The molecule has 0 aromatic heterocycles. The van der Waals surface area contributed by atoms with Crippen LogP contribution in [0.5, 0.6) is 0 Å². The molecule has 2 aliphatic heterocycles. The number of amides is 3. The van der Waals surface area contributed by atoms with Gasteiger partial charge in [-0.05, 0) is 32.1 Å². The molecule has 134 valence electrons. The van der Waals surface area contributed by atoms with Crippen LogP contribution in [-0.2, 0) is 9.53 Å². The minimum Gasteiger partial charge on any atom is -0.376 e. The van der Waals surface area contributed by atoms with Crippen LogP contribution >= 0.6 is 0 Å². The van der Waals surface area contributed by atoms with Crippen molar-refractivity contribution < 1.29 is 14.3 Å². The molecule has 6 heteroatoms. The molecule has 4 rings (SSSR count). The SMILES string of the molecule is O=C1CCN(CC2CCN2C2CC2)C(=O)N1CCOC1CCCC1. The molecule has 1 atom stereocenters. The lowest BCUT2D eigenvalue weighted by molar-refractivity contribution is -0.132. The van der Waals surface area contributed by atoms with E-state index in [1.807, 2.05) is 4.90 Å². The molecule has 0 bridgehead atoms. The number of ether oxygens (including phenoxy) is 1. The summed E-state index contributed by atoms with van der Waals surface area (Å²) in [5, 5.41) is 0. The number of nitrogens with zero attached hydrogens (tertiary/aromatic N) is 3. The second kappa shape index (κ2) is 7.00. The minimum absolute atomic E-state index is 0.0427. The maximum atomic E-state index is 12.7. The first-order valence-corrected chi connectivity index (χ1v) is 9.69. The third kappa shape index (κ3) is 3.45. The van der Waals surface area contributed by atoms with Crippen molar-refractivity contribution in [2.75, 3.05) is 32.8 Å². The third-order valence-corrected chi connectivity index (χ3v) is 6.01. The molecule has 0 spiro atoms. The molecule has 2 saturated heterocycles. The van der Waals surface area contributed by atoms with Gasteiger partial charge in [0.1, 0.15) is 0 Å². The van der Waals surface area contributed by atoms with E-state index in [0.29, 0.717) is 38.3 Å². The van der Waals surface area contributed by atoms with E-state index in [-0.39, 0.29) is 11.9 Å². The smallest absolute Gasteiger partial charge is 0.326 e. The van der Waals surface area contributed by atoms with Crippen LogP contribution in [0, 0.1) is 0 Å². The van der Waals surface area contributed by atoms with Crippen LogP contribution in [0.1, 0.15) is 51.4 Å². The van der Waals surface area contributed by atoms with E-state index in [4.69, 9.17) is 4.74 Å². The summed E-state index contributed by atoms with van der Waals surface area (Å²) < 4.78 is 5.83. The van der Waals surface area contributed by atoms with E-state index >= 15 is 0 Å². The Kier molecular flexibility index (Phi) is 4.77. The Morgan fingerprint density at radius 1 is 1.00 bits per heavy atom. The quantitative estimate of drug-likeness (QED) is 0.712. The molecule has 2 heterocycles. The number of imide groups is 1. The van der Waals surface area contributed by atoms with Crippen molar-refractivity contribution >= 4 is 11.9 Å². The van der Waals surface area contributed by atoms with Gasteiger partial charge >= 0.3 is 6.03 Å². The Balaban J connectivity index is 1.27. The standard InChI is InChI=1S/C18H29N3O3/c22-17-8-9-19(13-15-7-10-20(15)14-5-6-14)18(23)21(17)11-12-24-16-3-1-2-4-16/h14-16H,1-13H2. The zero-order valence-electron chi connectivity index (χ0n) is 14.5. The highest BCUT2D eigenvalue weighted by Gasteiger charge is 2.42. The zero-order valence-corrected chi connectivity index (χ0v) is 14.5. The molecule has 4 fully saturated rings. The molecular formula is C18H29N3O3. The number of hydrogen-bond acceptors (Lipinski definition) is 4. The van der Waals surface area contributed by atoms with E-state index in [2.05, 4.69) is 4.90 Å². The number of likely N-dealkylation sites (tertiary alicyclic amines) is 1. The van der Waals surface area contributed by atoms with Gasteiger partial charge in [0, 0.05) is 38.1 Å². The molecule has 24 heavy (non-hydrogen) atoms. The fourth-order valence-electron chi connectivity index (χ4n) is 4.29. The van der Waals surface area contributed by atoms with Crippen LogP contribution in [-0.4, -0.2) is 77.6 Å². The van der Waals surface area contributed by atoms with E-state index in [0.717, 1.165) is 25.4 Å². The van der Waals surface area contributed by atoms with Crippen molar-refractivity contribution in [2.24, 2.45) is 0 Å². The fourth-order valence-corrected chi connectivity index (χ4v) is 4.29. The highest BCUT2D eigenvalue weighted by atomic mass is 16.5. The summed E-state index contributed by atoms with van der Waals surface area (Å²) in [6, 6.07) is 1.16.